The van der Waals surface area contributed by atoms with Crippen LogP contribution in [-0.2, 0) is 18.3 Å². The standard InChI is InChI=1S/C16H24N4O2/c1-9-12(4)22-14(18-9)8-17-13-6-7-21-16(13)15-10(2)19-20(5)11(15)3/h13,16-17H,6-8H2,1-5H3/t13-,16-/m0/s1. The zero-order valence-electron chi connectivity index (χ0n) is 13.9. The van der Waals surface area contributed by atoms with Crippen LogP contribution in [0, 0.1) is 27.7 Å². The van der Waals surface area contributed by atoms with Crippen LogP contribution < -0.4 is 5.32 Å². The predicted molar refractivity (Wildman–Crippen MR) is 82.6 cm³/mol. The monoisotopic (exact) mass is 304 g/mol. The minimum Gasteiger partial charge on any atom is -0.444 e. The Labute approximate surface area is 130 Å². The Morgan fingerprint density at radius 2 is 2.00 bits per heavy atom. The maximum atomic E-state index is 5.98. The van der Waals surface area contributed by atoms with Crippen molar-refractivity contribution in [1.29, 1.82) is 0 Å². The van der Waals surface area contributed by atoms with E-state index in [0.29, 0.717) is 6.54 Å². The van der Waals surface area contributed by atoms with Gasteiger partial charge in [-0.05, 0) is 34.1 Å². The lowest BCUT2D eigenvalue weighted by atomic mass is 10.0. The SMILES string of the molecule is Cc1nc(CN[C@H]2CCO[C@@H]2c2c(C)nn(C)c2C)oc1C. The van der Waals surface area contributed by atoms with E-state index in [9.17, 15) is 0 Å². The van der Waals surface area contributed by atoms with Crippen molar-refractivity contribution < 1.29 is 9.15 Å². The molecule has 6 nitrogen and oxygen atoms in total. The van der Waals surface area contributed by atoms with Gasteiger partial charge in [-0.15, -0.1) is 0 Å². The molecule has 1 N–H and O–H groups in total. The minimum absolute atomic E-state index is 0.0471. The second kappa shape index (κ2) is 5.85. The van der Waals surface area contributed by atoms with Crippen molar-refractivity contribution >= 4 is 0 Å². The fourth-order valence-electron chi connectivity index (χ4n) is 3.12. The molecule has 6 heteroatoms. The summed E-state index contributed by atoms with van der Waals surface area (Å²) in [5.41, 5.74) is 4.37. The lowest BCUT2D eigenvalue weighted by Gasteiger charge is -2.20. The van der Waals surface area contributed by atoms with Crippen LogP contribution in [-0.4, -0.2) is 27.4 Å². The molecule has 3 heterocycles. The average Bonchev–Trinajstić information content (AvgIpc) is 3.10. The Balaban J connectivity index is 1.73. The van der Waals surface area contributed by atoms with Crippen molar-refractivity contribution in [2.75, 3.05) is 6.61 Å². The topological polar surface area (TPSA) is 65.1 Å². The van der Waals surface area contributed by atoms with Gasteiger partial charge in [0.1, 0.15) is 11.9 Å². The van der Waals surface area contributed by atoms with E-state index in [4.69, 9.17) is 9.15 Å². The molecular weight excluding hydrogens is 280 g/mol. The van der Waals surface area contributed by atoms with Crippen LogP contribution in [0.5, 0.6) is 0 Å². The normalized spacial score (nSPS) is 21.7. The van der Waals surface area contributed by atoms with E-state index < -0.39 is 0 Å². The molecule has 0 bridgehead atoms. The fourth-order valence-corrected chi connectivity index (χ4v) is 3.12. The summed E-state index contributed by atoms with van der Waals surface area (Å²) >= 11 is 0. The van der Waals surface area contributed by atoms with E-state index >= 15 is 0 Å². The third-order valence-electron chi connectivity index (χ3n) is 4.53. The van der Waals surface area contributed by atoms with E-state index in [-0.39, 0.29) is 12.1 Å². The van der Waals surface area contributed by atoms with Gasteiger partial charge in [0.05, 0.1) is 17.9 Å². The Kier molecular flexibility index (Phi) is 4.06. The Morgan fingerprint density at radius 3 is 2.59 bits per heavy atom. The third kappa shape index (κ3) is 2.68. The van der Waals surface area contributed by atoms with Gasteiger partial charge < -0.3 is 14.5 Å². The van der Waals surface area contributed by atoms with Crippen molar-refractivity contribution in [3.8, 4) is 0 Å². The number of aromatic nitrogens is 3. The molecule has 1 aliphatic heterocycles. The maximum absolute atomic E-state index is 5.98. The lowest BCUT2D eigenvalue weighted by Crippen LogP contribution is -2.31. The highest BCUT2D eigenvalue weighted by Crippen LogP contribution is 2.33. The lowest BCUT2D eigenvalue weighted by molar-refractivity contribution is 0.0969. The van der Waals surface area contributed by atoms with Crippen molar-refractivity contribution in [3.63, 3.8) is 0 Å². The number of aryl methyl sites for hydroxylation is 4. The van der Waals surface area contributed by atoms with Gasteiger partial charge in [0.25, 0.3) is 0 Å². The summed E-state index contributed by atoms with van der Waals surface area (Å²) in [5, 5.41) is 8.03. The van der Waals surface area contributed by atoms with Crippen LogP contribution in [0.4, 0.5) is 0 Å². The summed E-state index contributed by atoms with van der Waals surface area (Å²) < 4.78 is 13.5. The van der Waals surface area contributed by atoms with Gasteiger partial charge >= 0.3 is 0 Å². The number of oxazole rings is 1. The number of ether oxygens (including phenoxy) is 1. The smallest absolute Gasteiger partial charge is 0.208 e. The number of nitrogens with one attached hydrogen (secondary N) is 1. The van der Waals surface area contributed by atoms with Gasteiger partial charge in [0, 0.05) is 31.0 Å². The summed E-state index contributed by atoms with van der Waals surface area (Å²) in [6, 6.07) is 0.258. The van der Waals surface area contributed by atoms with Gasteiger partial charge in [-0.25, -0.2) is 4.98 Å². The van der Waals surface area contributed by atoms with Crippen LogP contribution in [0.2, 0.25) is 0 Å². The molecule has 0 unspecified atom stereocenters. The number of rotatable bonds is 4. The second-order valence-corrected chi connectivity index (χ2v) is 6.02. The molecule has 0 aliphatic carbocycles. The molecule has 0 amide bonds. The summed E-state index contributed by atoms with van der Waals surface area (Å²) in [6.07, 6.45) is 1.03. The molecule has 120 valence electrons. The highest BCUT2D eigenvalue weighted by Gasteiger charge is 2.33. The average molecular weight is 304 g/mol. The van der Waals surface area contributed by atoms with Crippen molar-refractivity contribution in [3.05, 3.63) is 34.3 Å². The van der Waals surface area contributed by atoms with Gasteiger partial charge in [-0.2, -0.15) is 5.10 Å². The maximum Gasteiger partial charge on any atom is 0.208 e. The molecule has 0 radical (unpaired) electrons. The van der Waals surface area contributed by atoms with E-state index in [1.165, 1.54) is 11.3 Å². The number of hydrogen-bond acceptors (Lipinski definition) is 5. The Hall–Kier alpha value is -1.66. The highest BCUT2D eigenvalue weighted by atomic mass is 16.5. The summed E-state index contributed by atoms with van der Waals surface area (Å²) in [5.74, 6) is 1.62. The van der Waals surface area contributed by atoms with E-state index in [0.717, 1.165) is 36.1 Å². The van der Waals surface area contributed by atoms with E-state index in [1.807, 2.05) is 32.5 Å². The van der Waals surface area contributed by atoms with Crippen LogP contribution in [0.3, 0.4) is 0 Å². The van der Waals surface area contributed by atoms with E-state index in [1.54, 1.807) is 0 Å². The first-order valence-corrected chi connectivity index (χ1v) is 7.75. The van der Waals surface area contributed by atoms with Gasteiger partial charge in [0.15, 0.2) is 0 Å². The van der Waals surface area contributed by atoms with Crippen molar-refractivity contribution in [2.45, 2.75) is 52.8 Å². The van der Waals surface area contributed by atoms with Crippen molar-refractivity contribution in [1.82, 2.24) is 20.1 Å². The van der Waals surface area contributed by atoms with Crippen LogP contribution in [0.1, 0.15) is 46.8 Å². The first-order valence-electron chi connectivity index (χ1n) is 7.75. The quantitative estimate of drug-likeness (QED) is 0.938. The summed E-state index contributed by atoms with van der Waals surface area (Å²) in [6.45, 7) is 9.43. The largest absolute Gasteiger partial charge is 0.444 e. The first kappa shape index (κ1) is 15.2. The van der Waals surface area contributed by atoms with Crippen LogP contribution in [0.15, 0.2) is 4.42 Å². The van der Waals surface area contributed by atoms with Crippen LogP contribution in [0.25, 0.3) is 0 Å². The Bertz CT molecular complexity index is 654. The van der Waals surface area contributed by atoms with Gasteiger partial charge in [-0.3, -0.25) is 4.68 Å². The molecule has 3 rings (SSSR count). The molecule has 1 saturated heterocycles. The zero-order chi connectivity index (χ0) is 15.9. The molecule has 0 spiro atoms. The molecule has 0 saturated carbocycles. The molecule has 0 aromatic carbocycles. The third-order valence-corrected chi connectivity index (χ3v) is 4.53. The molecule has 22 heavy (non-hydrogen) atoms. The second-order valence-electron chi connectivity index (χ2n) is 6.02. The Morgan fingerprint density at radius 1 is 1.23 bits per heavy atom. The molecule has 2 atom stereocenters. The molecule has 2 aromatic rings. The molecule has 1 aliphatic rings. The van der Waals surface area contributed by atoms with E-state index in [2.05, 4.69) is 22.3 Å². The first-order chi connectivity index (χ1) is 10.5. The molecule has 1 fully saturated rings. The molecule has 2 aromatic heterocycles. The zero-order valence-corrected chi connectivity index (χ0v) is 13.9. The predicted octanol–water partition coefficient (Wildman–Crippen LogP) is 2.26. The summed E-state index contributed by atoms with van der Waals surface area (Å²) in [4.78, 5) is 4.42. The summed E-state index contributed by atoms with van der Waals surface area (Å²) in [7, 11) is 1.97. The van der Waals surface area contributed by atoms with Crippen molar-refractivity contribution in [2.24, 2.45) is 7.05 Å². The van der Waals surface area contributed by atoms with Gasteiger partial charge in [0.2, 0.25) is 5.89 Å². The van der Waals surface area contributed by atoms with Gasteiger partial charge in [-0.1, -0.05) is 0 Å². The fraction of sp³-hybridized carbons (Fsp3) is 0.625. The highest BCUT2D eigenvalue weighted by molar-refractivity contribution is 5.29. The minimum atomic E-state index is 0.0471. The number of hydrogen-bond donors (Lipinski definition) is 1. The van der Waals surface area contributed by atoms with Crippen LogP contribution >= 0.6 is 0 Å². The number of nitrogens with zero attached hydrogens (tertiary/aromatic N) is 3. The molecular formula is C16H24N4O2.